The predicted molar refractivity (Wildman–Crippen MR) is 99.5 cm³/mol. The summed E-state index contributed by atoms with van der Waals surface area (Å²) in [6.07, 6.45) is 0. The molecule has 132 valence electrons. The Morgan fingerprint density at radius 1 is 0.962 bits per heavy atom. The van der Waals surface area contributed by atoms with Crippen molar-refractivity contribution in [2.24, 2.45) is 0 Å². The molecule has 1 heterocycles. The molecule has 0 fully saturated rings. The van der Waals surface area contributed by atoms with Crippen LogP contribution in [-0.2, 0) is 4.74 Å². The summed E-state index contributed by atoms with van der Waals surface area (Å²) in [5.74, 6) is -1.64. The van der Waals surface area contributed by atoms with Crippen LogP contribution in [0.3, 0.4) is 0 Å². The summed E-state index contributed by atoms with van der Waals surface area (Å²) in [7, 11) is 1.25. The summed E-state index contributed by atoms with van der Waals surface area (Å²) < 4.78 is 5.49. The lowest BCUT2D eigenvalue weighted by Crippen LogP contribution is -2.41. The third-order valence-electron chi connectivity index (χ3n) is 3.58. The Hall–Kier alpha value is -2.90. The monoisotopic (exact) mass is 388 g/mol. The van der Waals surface area contributed by atoms with Crippen molar-refractivity contribution in [1.82, 2.24) is 10.9 Å². The van der Waals surface area contributed by atoms with E-state index in [1.165, 1.54) is 36.6 Å². The van der Waals surface area contributed by atoms with Crippen LogP contribution in [0.15, 0.2) is 48.5 Å². The second-order valence-corrected chi connectivity index (χ2v) is 6.65. The second-order valence-electron chi connectivity index (χ2n) is 5.22. The Morgan fingerprint density at radius 3 is 2.38 bits per heavy atom. The Kier molecular flexibility index (Phi) is 5.20. The van der Waals surface area contributed by atoms with Gasteiger partial charge in [0.1, 0.15) is 4.88 Å². The molecule has 2 aromatic carbocycles. The van der Waals surface area contributed by atoms with Crippen LogP contribution < -0.4 is 10.9 Å². The molecule has 0 saturated heterocycles. The third kappa shape index (κ3) is 3.54. The highest BCUT2D eigenvalue weighted by atomic mass is 35.5. The first-order valence-corrected chi connectivity index (χ1v) is 8.67. The van der Waals surface area contributed by atoms with Gasteiger partial charge in [0.25, 0.3) is 11.8 Å². The van der Waals surface area contributed by atoms with Crippen LogP contribution in [0.4, 0.5) is 0 Å². The molecule has 1 aromatic heterocycles. The molecule has 0 saturated carbocycles. The maximum Gasteiger partial charge on any atom is 0.337 e. The highest BCUT2D eigenvalue weighted by molar-refractivity contribution is 7.21. The SMILES string of the molecule is COC(=O)c1cccc(C(=O)NNC(=O)c2sc3ccccc3c2Cl)c1. The summed E-state index contributed by atoms with van der Waals surface area (Å²) >= 11 is 7.47. The quantitative estimate of drug-likeness (QED) is 0.532. The van der Waals surface area contributed by atoms with Crippen molar-refractivity contribution in [1.29, 1.82) is 0 Å². The van der Waals surface area contributed by atoms with Crippen molar-refractivity contribution in [3.63, 3.8) is 0 Å². The predicted octanol–water partition coefficient (Wildman–Crippen LogP) is 3.42. The van der Waals surface area contributed by atoms with Gasteiger partial charge in [0.05, 0.1) is 17.7 Å². The van der Waals surface area contributed by atoms with Gasteiger partial charge in [-0.05, 0) is 24.3 Å². The van der Waals surface area contributed by atoms with Gasteiger partial charge in [-0.15, -0.1) is 11.3 Å². The number of halogens is 1. The van der Waals surface area contributed by atoms with Crippen LogP contribution in [0.25, 0.3) is 10.1 Å². The van der Waals surface area contributed by atoms with Crippen LogP contribution >= 0.6 is 22.9 Å². The number of amides is 2. The number of carbonyl (C=O) groups excluding carboxylic acids is 3. The minimum absolute atomic E-state index is 0.204. The van der Waals surface area contributed by atoms with Gasteiger partial charge in [-0.2, -0.15) is 0 Å². The fourth-order valence-electron chi connectivity index (χ4n) is 2.31. The summed E-state index contributed by atoms with van der Waals surface area (Å²) in [6.45, 7) is 0. The summed E-state index contributed by atoms with van der Waals surface area (Å²) in [5.41, 5.74) is 5.08. The van der Waals surface area contributed by atoms with E-state index < -0.39 is 17.8 Å². The van der Waals surface area contributed by atoms with Crippen molar-refractivity contribution in [3.05, 3.63) is 69.6 Å². The van der Waals surface area contributed by atoms with Gasteiger partial charge >= 0.3 is 5.97 Å². The summed E-state index contributed by atoms with van der Waals surface area (Å²) in [4.78, 5) is 36.3. The fraction of sp³-hybridized carbons (Fsp3) is 0.0556. The molecular formula is C18H13ClN2O4S. The van der Waals surface area contributed by atoms with Crippen molar-refractivity contribution in [3.8, 4) is 0 Å². The van der Waals surface area contributed by atoms with Gasteiger partial charge in [0.2, 0.25) is 0 Å². The third-order valence-corrected chi connectivity index (χ3v) is 5.25. The van der Waals surface area contributed by atoms with Gasteiger partial charge in [-0.25, -0.2) is 4.79 Å². The molecular weight excluding hydrogens is 376 g/mol. The number of ether oxygens (including phenoxy) is 1. The van der Waals surface area contributed by atoms with E-state index in [1.54, 1.807) is 6.07 Å². The van der Waals surface area contributed by atoms with Crippen molar-refractivity contribution < 1.29 is 19.1 Å². The molecule has 0 aliphatic heterocycles. The molecule has 2 amide bonds. The lowest BCUT2D eigenvalue weighted by atomic mass is 10.1. The largest absolute Gasteiger partial charge is 0.465 e. The number of fused-ring (bicyclic) bond motifs is 1. The van der Waals surface area contributed by atoms with Crippen LogP contribution in [0, 0.1) is 0 Å². The highest BCUT2D eigenvalue weighted by Gasteiger charge is 2.18. The van der Waals surface area contributed by atoms with E-state index in [1.807, 2.05) is 24.3 Å². The molecule has 0 spiro atoms. The molecule has 2 N–H and O–H groups in total. The number of hydrogen-bond donors (Lipinski definition) is 2. The molecule has 0 bridgehead atoms. The van der Waals surface area contributed by atoms with E-state index in [0.29, 0.717) is 9.90 Å². The average molecular weight is 389 g/mol. The zero-order chi connectivity index (χ0) is 18.7. The zero-order valence-corrected chi connectivity index (χ0v) is 15.1. The second kappa shape index (κ2) is 7.55. The first-order valence-electron chi connectivity index (χ1n) is 7.47. The highest BCUT2D eigenvalue weighted by Crippen LogP contribution is 2.34. The molecule has 8 heteroatoms. The maximum atomic E-state index is 12.3. The number of methoxy groups -OCH3 is 1. The number of hydrogen-bond acceptors (Lipinski definition) is 5. The zero-order valence-electron chi connectivity index (χ0n) is 13.5. The van der Waals surface area contributed by atoms with E-state index in [0.717, 1.165) is 10.1 Å². The molecule has 0 unspecified atom stereocenters. The standard InChI is InChI=1S/C18H13ClN2O4S/c1-25-18(24)11-6-4-5-10(9-11)16(22)20-21-17(23)15-14(19)12-7-2-3-8-13(12)26-15/h2-9H,1H3,(H,20,22)(H,21,23). The van der Waals surface area contributed by atoms with Crippen molar-refractivity contribution in [2.75, 3.05) is 7.11 Å². The smallest absolute Gasteiger partial charge is 0.337 e. The molecule has 26 heavy (non-hydrogen) atoms. The van der Waals surface area contributed by atoms with E-state index in [-0.39, 0.29) is 11.1 Å². The number of rotatable bonds is 3. The minimum atomic E-state index is -0.568. The van der Waals surface area contributed by atoms with Crippen LogP contribution in [0.1, 0.15) is 30.4 Å². The van der Waals surface area contributed by atoms with Crippen LogP contribution in [0.2, 0.25) is 5.02 Å². The fourth-order valence-corrected chi connectivity index (χ4v) is 3.72. The van der Waals surface area contributed by atoms with E-state index >= 15 is 0 Å². The Labute approximate surface area is 157 Å². The Balaban J connectivity index is 1.72. The van der Waals surface area contributed by atoms with Crippen molar-refractivity contribution in [2.45, 2.75) is 0 Å². The van der Waals surface area contributed by atoms with Gasteiger partial charge in [0.15, 0.2) is 0 Å². The summed E-state index contributed by atoms with van der Waals surface area (Å²) in [5, 5.41) is 1.12. The normalized spacial score (nSPS) is 10.4. The minimum Gasteiger partial charge on any atom is -0.465 e. The molecule has 0 radical (unpaired) electrons. The molecule has 3 rings (SSSR count). The number of thiophene rings is 1. The molecule has 0 atom stereocenters. The average Bonchev–Trinajstić information content (AvgIpc) is 3.02. The lowest BCUT2D eigenvalue weighted by Gasteiger charge is -2.07. The van der Waals surface area contributed by atoms with Gasteiger partial charge in [0, 0.05) is 15.6 Å². The van der Waals surface area contributed by atoms with Gasteiger partial charge in [-0.1, -0.05) is 35.9 Å². The Morgan fingerprint density at radius 2 is 1.65 bits per heavy atom. The maximum absolute atomic E-state index is 12.3. The van der Waals surface area contributed by atoms with Crippen molar-refractivity contribution >= 4 is 50.8 Å². The molecule has 3 aromatic rings. The van der Waals surface area contributed by atoms with E-state index in [4.69, 9.17) is 11.6 Å². The first kappa shape index (κ1) is 17.9. The molecule has 0 aliphatic carbocycles. The van der Waals surface area contributed by atoms with E-state index in [9.17, 15) is 14.4 Å². The first-order chi connectivity index (χ1) is 12.5. The number of benzene rings is 2. The van der Waals surface area contributed by atoms with Gasteiger partial charge < -0.3 is 4.74 Å². The van der Waals surface area contributed by atoms with Gasteiger partial charge in [-0.3, -0.25) is 20.4 Å². The molecule has 6 nitrogen and oxygen atoms in total. The number of esters is 1. The number of hydrazine groups is 1. The van der Waals surface area contributed by atoms with E-state index in [2.05, 4.69) is 15.6 Å². The van der Waals surface area contributed by atoms with Crippen LogP contribution in [0.5, 0.6) is 0 Å². The lowest BCUT2D eigenvalue weighted by molar-refractivity contribution is 0.0600. The topological polar surface area (TPSA) is 84.5 Å². The molecule has 0 aliphatic rings. The number of nitrogens with one attached hydrogen (secondary N) is 2. The Bertz CT molecular complexity index is 1020. The number of carbonyl (C=O) groups is 3. The van der Waals surface area contributed by atoms with Crippen LogP contribution in [-0.4, -0.2) is 24.9 Å². The summed E-state index contributed by atoms with van der Waals surface area (Å²) in [6, 6.07) is 13.3.